The van der Waals surface area contributed by atoms with Crippen molar-refractivity contribution in [3.05, 3.63) is 29.8 Å². The van der Waals surface area contributed by atoms with Crippen LogP contribution in [0.5, 0.6) is 5.75 Å². The van der Waals surface area contributed by atoms with E-state index in [1.807, 2.05) is 6.92 Å². The van der Waals surface area contributed by atoms with Gasteiger partial charge in [0.25, 0.3) is 0 Å². The van der Waals surface area contributed by atoms with Gasteiger partial charge in [-0.05, 0) is 56.9 Å². The van der Waals surface area contributed by atoms with E-state index in [1.54, 1.807) is 24.3 Å². The highest BCUT2D eigenvalue weighted by Crippen LogP contribution is 2.22. The normalized spacial score (nSPS) is 16.3. The zero-order chi connectivity index (χ0) is 12.8. The molecule has 0 N–H and O–H groups in total. The molecule has 1 aromatic rings. The fraction of sp³-hybridized carbons (Fsp3) is 0.533. The molecule has 1 saturated carbocycles. The molecule has 0 atom stereocenters. The van der Waals surface area contributed by atoms with Crippen LogP contribution in [0.2, 0.25) is 0 Å². The highest BCUT2D eigenvalue weighted by Gasteiger charge is 2.18. The van der Waals surface area contributed by atoms with Gasteiger partial charge in [-0.3, -0.25) is 0 Å². The molecule has 0 spiro atoms. The lowest BCUT2D eigenvalue weighted by molar-refractivity contribution is 0.0211. The maximum atomic E-state index is 11.9. The lowest BCUT2D eigenvalue weighted by Crippen LogP contribution is -2.20. The summed E-state index contributed by atoms with van der Waals surface area (Å²) in [6.07, 6.45) is 5.71. The van der Waals surface area contributed by atoms with Gasteiger partial charge in [-0.15, -0.1) is 0 Å². The summed E-state index contributed by atoms with van der Waals surface area (Å²) in [5, 5.41) is 0. The van der Waals surface area contributed by atoms with E-state index >= 15 is 0 Å². The van der Waals surface area contributed by atoms with Gasteiger partial charge in [0.1, 0.15) is 11.9 Å². The summed E-state index contributed by atoms with van der Waals surface area (Å²) < 4.78 is 10.8. The molecule has 1 fully saturated rings. The van der Waals surface area contributed by atoms with Crippen molar-refractivity contribution in [3.8, 4) is 5.75 Å². The van der Waals surface area contributed by atoms with Crippen molar-refractivity contribution in [1.29, 1.82) is 0 Å². The van der Waals surface area contributed by atoms with E-state index in [2.05, 4.69) is 0 Å². The molecule has 0 amide bonds. The third-order valence-electron chi connectivity index (χ3n) is 3.23. The van der Waals surface area contributed by atoms with E-state index in [1.165, 1.54) is 19.3 Å². The largest absolute Gasteiger partial charge is 0.494 e. The summed E-state index contributed by atoms with van der Waals surface area (Å²) in [5.41, 5.74) is 0.601. The van der Waals surface area contributed by atoms with Crippen molar-refractivity contribution in [2.75, 3.05) is 6.61 Å². The van der Waals surface area contributed by atoms with E-state index in [4.69, 9.17) is 9.47 Å². The molecule has 3 nitrogen and oxygen atoms in total. The maximum absolute atomic E-state index is 11.9. The van der Waals surface area contributed by atoms with Crippen molar-refractivity contribution in [2.45, 2.75) is 45.1 Å². The first kappa shape index (κ1) is 12.9. The van der Waals surface area contributed by atoms with Gasteiger partial charge < -0.3 is 9.47 Å². The van der Waals surface area contributed by atoms with Crippen molar-refractivity contribution >= 4 is 5.97 Å². The van der Waals surface area contributed by atoms with Gasteiger partial charge in [0.05, 0.1) is 12.2 Å². The van der Waals surface area contributed by atoms with Crippen LogP contribution in [0, 0.1) is 0 Å². The molecule has 2 rings (SSSR count). The van der Waals surface area contributed by atoms with Gasteiger partial charge in [0, 0.05) is 0 Å². The molecule has 0 unspecified atom stereocenters. The van der Waals surface area contributed by atoms with Crippen LogP contribution < -0.4 is 4.74 Å². The predicted molar refractivity (Wildman–Crippen MR) is 69.9 cm³/mol. The molecule has 1 aromatic carbocycles. The second-order valence-electron chi connectivity index (χ2n) is 4.62. The Kier molecular flexibility index (Phi) is 4.62. The van der Waals surface area contributed by atoms with Crippen LogP contribution in [0.25, 0.3) is 0 Å². The summed E-state index contributed by atoms with van der Waals surface area (Å²) in [4.78, 5) is 11.9. The van der Waals surface area contributed by atoms with Crippen LogP contribution in [-0.2, 0) is 4.74 Å². The Morgan fingerprint density at radius 1 is 1.17 bits per heavy atom. The van der Waals surface area contributed by atoms with Gasteiger partial charge in [0.15, 0.2) is 0 Å². The maximum Gasteiger partial charge on any atom is 0.338 e. The quantitative estimate of drug-likeness (QED) is 0.764. The molecule has 0 aliphatic heterocycles. The molecule has 0 aromatic heterocycles. The third-order valence-corrected chi connectivity index (χ3v) is 3.23. The molecule has 0 heterocycles. The SMILES string of the molecule is CCOc1ccc(C(=O)OC2CCCCC2)cc1. The van der Waals surface area contributed by atoms with Crippen molar-refractivity contribution in [3.63, 3.8) is 0 Å². The molecule has 0 bridgehead atoms. The smallest absolute Gasteiger partial charge is 0.338 e. The van der Waals surface area contributed by atoms with E-state index in [-0.39, 0.29) is 12.1 Å². The number of ether oxygens (including phenoxy) is 2. The van der Waals surface area contributed by atoms with E-state index < -0.39 is 0 Å². The molecule has 3 heteroatoms. The zero-order valence-corrected chi connectivity index (χ0v) is 10.9. The van der Waals surface area contributed by atoms with Crippen LogP contribution in [0.1, 0.15) is 49.4 Å². The number of esters is 1. The minimum Gasteiger partial charge on any atom is -0.494 e. The Morgan fingerprint density at radius 2 is 1.83 bits per heavy atom. The van der Waals surface area contributed by atoms with E-state index in [0.717, 1.165) is 18.6 Å². The Labute approximate surface area is 108 Å². The zero-order valence-electron chi connectivity index (χ0n) is 10.9. The Morgan fingerprint density at radius 3 is 2.44 bits per heavy atom. The molecule has 1 aliphatic rings. The van der Waals surface area contributed by atoms with Gasteiger partial charge in [0.2, 0.25) is 0 Å². The monoisotopic (exact) mass is 248 g/mol. The minimum absolute atomic E-state index is 0.109. The number of rotatable bonds is 4. The molecular weight excluding hydrogens is 228 g/mol. The van der Waals surface area contributed by atoms with Crippen molar-refractivity contribution < 1.29 is 14.3 Å². The number of carbonyl (C=O) groups excluding carboxylic acids is 1. The topological polar surface area (TPSA) is 35.5 Å². The summed E-state index contributed by atoms with van der Waals surface area (Å²) in [5.74, 6) is 0.566. The summed E-state index contributed by atoms with van der Waals surface area (Å²) in [6.45, 7) is 2.57. The second kappa shape index (κ2) is 6.43. The lowest BCUT2D eigenvalue weighted by atomic mass is 9.98. The van der Waals surface area contributed by atoms with Crippen LogP contribution >= 0.6 is 0 Å². The van der Waals surface area contributed by atoms with E-state index in [9.17, 15) is 4.79 Å². The van der Waals surface area contributed by atoms with Gasteiger partial charge in [-0.2, -0.15) is 0 Å². The molecule has 1 aliphatic carbocycles. The average Bonchev–Trinajstić information content (AvgIpc) is 2.41. The first-order valence-electron chi connectivity index (χ1n) is 6.73. The average molecular weight is 248 g/mol. The Balaban J connectivity index is 1.91. The molecular formula is C15H20O3. The van der Waals surface area contributed by atoms with Crippen molar-refractivity contribution in [2.24, 2.45) is 0 Å². The molecule has 0 radical (unpaired) electrons. The fourth-order valence-electron chi connectivity index (χ4n) is 2.26. The van der Waals surface area contributed by atoms with Crippen LogP contribution in [-0.4, -0.2) is 18.7 Å². The fourth-order valence-corrected chi connectivity index (χ4v) is 2.26. The van der Waals surface area contributed by atoms with Crippen LogP contribution in [0.15, 0.2) is 24.3 Å². The second-order valence-corrected chi connectivity index (χ2v) is 4.62. The highest BCUT2D eigenvalue weighted by atomic mass is 16.5. The van der Waals surface area contributed by atoms with Gasteiger partial charge >= 0.3 is 5.97 Å². The van der Waals surface area contributed by atoms with Crippen LogP contribution in [0.3, 0.4) is 0 Å². The summed E-state index contributed by atoms with van der Waals surface area (Å²) in [6, 6.07) is 7.13. The number of benzene rings is 1. The summed E-state index contributed by atoms with van der Waals surface area (Å²) in [7, 11) is 0. The van der Waals surface area contributed by atoms with Gasteiger partial charge in [-0.1, -0.05) is 6.42 Å². The Hall–Kier alpha value is -1.51. The molecule has 0 saturated heterocycles. The number of hydrogen-bond donors (Lipinski definition) is 0. The molecule has 18 heavy (non-hydrogen) atoms. The lowest BCUT2D eigenvalue weighted by Gasteiger charge is -2.21. The highest BCUT2D eigenvalue weighted by molar-refractivity contribution is 5.89. The van der Waals surface area contributed by atoms with Gasteiger partial charge in [-0.25, -0.2) is 4.79 Å². The first-order valence-corrected chi connectivity index (χ1v) is 6.73. The Bertz CT molecular complexity index is 377. The van der Waals surface area contributed by atoms with Crippen LogP contribution in [0.4, 0.5) is 0 Å². The standard InChI is InChI=1S/C15H20O3/c1-2-17-13-10-8-12(9-11-13)15(16)18-14-6-4-3-5-7-14/h8-11,14H,2-7H2,1H3. The third kappa shape index (κ3) is 3.49. The number of carbonyl (C=O) groups is 1. The minimum atomic E-state index is -0.218. The molecule has 98 valence electrons. The predicted octanol–water partition coefficient (Wildman–Crippen LogP) is 3.57. The number of hydrogen-bond acceptors (Lipinski definition) is 3. The summed E-state index contributed by atoms with van der Waals surface area (Å²) >= 11 is 0. The van der Waals surface area contributed by atoms with Crippen molar-refractivity contribution in [1.82, 2.24) is 0 Å². The first-order chi connectivity index (χ1) is 8.79. The van der Waals surface area contributed by atoms with E-state index in [0.29, 0.717) is 12.2 Å².